The molecule has 0 radical (unpaired) electrons. The maximum absolute atomic E-state index is 3.22. The average molecular weight is 246 g/mol. The number of nitrogens with one attached hydrogen (secondary N) is 1. The van der Waals surface area contributed by atoms with Crippen molar-refractivity contribution >= 4 is 0 Å². The van der Waals surface area contributed by atoms with Gasteiger partial charge in [0.1, 0.15) is 0 Å². The first-order valence-corrected chi connectivity index (χ1v) is 7.34. The number of aryl methyl sites for hydroxylation is 1. The summed E-state index contributed by atoms with van der Waals surface area (Å²) >= 11 is 0. The van der Waals surface area contributed by atoms with E-state index in [1.54, 1.807) is 11.1 Å². The molecule has 0 saturated carbocycles. The minimum absolute atomic E-state index is 1.15. The van der Waals surface area contributed by atoms with Crippen LogP contribution in [0.1, 0.15) is 36.8 Å². The van der Waals surface area contributed by atoms with Crippen molar-refractivity contribution in [3.8, 4) is 0 Å². The molecule has 2 heteroatoms. The molecule has 0 bridgehead atoms. The third-order valence-corrected chi connectivity index (χ3v) is 3.83. The predicted octanol–water partition coefficient (Wildman–Crippen LogP) is 2.82. The van der Waals surface area contributed by atoms with Gasteiger partial charge in [0, 0.05) is 6.54 Å². The molecule has 1 heterocycles. The van der Waals surface area contributed by atoms with E-state index < -0.39 is 0 Å². The number of benzene rings is 1. The maximum Gasteiger partial charge on any atom is 0.0236 e. The minimum atomic E-state index is 1.15. The van der Waals surface area contributed by atoms with E-state index in [1.165, 1.54) is 45.2 Å². The number of unbranched alkanes of at least 4 members (excludes halogenated alkanes) is 2. The van der Waals surface area contributed by atoms with E-state index in [0.717, 1.165) is 13.1 Å². The first kappa shape index (κ1) is 13.6. The zero-order valence-corrected chi connectivity index (χ0v) is 11.6. The summed E-state index contributed by atoms with van der Waals surface area (Å²) in [6, 6.07) is 8.95. The molecule has 100 valence electrons. The summed E-state index contributed by atoms with van der Waals surface area (Å²) < 4.78 is 0. The van der Waals surface area contributed by atoms with Crippen molar-refractivity contribution in [2.24, 2.45) is 0 Å². The predicted molar refractivity (Wildman–Crippen MR) is 77.8 cm³/mol. The van der Waals surface area contributed by atoms with Gasteiger partial charge in [0.15, 0.2) is 0 Å². The van der Waals surface area contributed by atoms with E-state index in [2.05, 4.69) is 34.5 Å². The Balaban J connectivity index is 1.77. The fourth-order valence-corrected chi connectivity index (χ4v) is 2.77. The van der Waals surface area contributed by atoms with Gasteiger partial charge >= 0.3 is 0 Å². The number of hydrogen-bond donors (Lipinski definition) is 1. The van der Waals surface area contributed by atoms with Crippen LogP contribution in [0.25, 0.3) is 0 Å². The third-order valence-electron chi connectivity index (χ3n) is 3.83. The van der Waals surface area contributed by atoms with Gasteiger partial charge in [0.25, 0.3) is 0 Å². The Kier molecular flexibility index (Phi) is 5.69. The number of nitrogens with zero attached hydrogens (tertiary/aromatic N) is 1. The zero-order chi connectivity index (χ0) is 12.6. The number of fused-ring (bicyclic) bond motifs is 1. The van der Waals surface area contributed by atoms with E-state index in [0.29, 0.717) is 0 Å². The molecule has 2 rings (SSSR count). The van der Waals surface area contributed by atoms with E-state index in [-0.39, 0.29) is 0 Å². The fraction of sp³-hybridized carbons (Fsp3) is 0.625. The van der Waals surface area contributed by atoms with Crippen molar-refractivity contribution in [2.75, 3.05) is 26.7 Å². The van der Waals surface area contributed by atoms with Crippen LogP contribution in [-0.4, -0.2) is 31.6 Å². The van der Waals surface area contributed by atoms with Crippen LogP contribution in [0.2, 0.25) is 0 Å². The van der Waals surface area contributed by atoms with Gasteiger partial charge in [-0.1, -0.05) is 30.7 Å². The first-order chi connectivity index (χ1) is 8.90. The van der Waals surface area contributed by atoms with Crippen molar-refractivity contribution < 1.29 is 0 Å². The minimum Gasteiger partial charge on any atom is -0.320 e. The lowest BCUT2D eigenvalue weighted by atomic mass is 10.0. The van der Waals surface area contributed by atoms with E-state index in [9.17, 15) is 0 Å². The average Bonchev–Trinajstić information content (AvgIpc) is 2.60. The molecular weight excluding hydrogens is 220 g/mol. The summed E-state index contributed by atoms with van der Waals surface area (Å²) in [6.07, 6.45) is 6.56. The van der Waals surface area contributed by atoms with Gasteiger partial charge in [-0.05, 0) is 63.5 Å². The summed E-state index contributed by atoms with van der Waals surface area (Å²) in [4.78, 5) is 2.63. The van der Waals surface area contributed by atoms with Gasteiger partial charge in [-0.3, -0.25) is 4.90 Å². The van der Waals surface area contributed by atoms with Crippen LogP contribution in [0, 0.1) is 0 Å². The first-order valence-electron chi connectivity index (χ1n) is 7.34. The molecule has 1 aliphatic heterocycles. The Bertz CT molecular complexity index is 349. The summed E-state index contributed by atoms with van der Waals surface area (Å²) in [5, 5.41) is 3.22. The molecule has 0 unspecified atom stereocenters. The van der Waals surface area contributed by atoms with Crippen LogP contribution < -0.4 is 5.32 Å². The topological polar surface area (TPSA) is 15.3 Å². The Morgan fingerprint density at radius 2 is 1.94 bits per heavy atom. The largest absolute Gasteiger partial charge is 0.320 e. The van der Waals surface area contributed by atoms with Gasteiger partial charge in [0.05, 0.1) is 0 Å². The van der Waals surface area contributed by atoms with Gasteiger partial charge in [-0.15, -0.1) is 0 Å². The Morgan fingerprint density at radius 1 is 1.11 bits per heavy atom. The second-order valence-electron chi connectivity index (χ2n) is 5.31. The third kappa shape index (κ3) is 4.11. The smallest absolute Gasteiger partial charge is 0.0236 e. The van der Waals surface area contributed by atoms with Crippen molar-refractivity contribution in [1.29, 1.82) is 0 Å². The van der Waals surface area contributed by atoms with E-state index in [1.807, 2.05) is 7.05 Å². The van der Waals surface area contributed by atoms with Gasteiger partial charge in [-0.25, -0.2) is 0 Å². The van der Waals surface area contributed by atoms with E-state index in [4.69, 9.17) is 0 Å². The number of hydrogen-bond acceptors (Lipinski definition) is 2. The Morgan fingerprint density at radius 3 is 2.78 bits per heavy atom. The van der Waals surface area contributed by atoms with Crippen LogP contribution in [-0.2, 0) is 13.0 Å². The fourth-order valence-electron chi connectivity index (χ4n) is 2.77. The van der Waals surface area contributed by atoms with Crippen LogP contribution in [0.4, 0.5) is 0 Å². The second-order valence-corrected chi connectivity index (χ2v) is 5.31. The van der Waals surface area contributed by atoms with Crippen LogP contribution in [0.15, 0.2) is 24.3 Å². The summed E-state index contributed by atoms with van der Waals surface area (Å²) in [5.41, 5.74) is 3.11. The Hall–Kier alpha value is -0.860. The SMILES string of the molecule is CNCCCCCN1CCCc2ccccc2C1. The van der Waals surface area contributed by atoms with Crippen molar-refractivity contribution in [1.82, 2.24) is 10.2 Å². The van der Waals surface area contributed by atoms with Gasteiger partial charge in [-0.2, -0.15) is 0 Å². The molecule has 2 nitrogen and oxygen atoms in total. The zero-order valence-electron chi connectivity index (χ0n) is 11.6. The monoisotopic (exact) mass is 246 g/mol. The molecule has 0 fully saturated rings. The van der Waals surface area contributed by atoms with Gasteiger partial charge < -0.3 is 5.32 Å². The van der Waals surface area contributed by atoms with Crippen LogP contribution in [0.5, 0.6) is 0 Å². The van der Waals surface area contributed by atoms with E-state index >= 15 is 0 Å². The van der Waals surface area contributed by atoms with Crippen LogP contribution >= 0.6 is 0 Å². The second kappa shape index (κ2) is 7.55. The molecule has 0 aromatic heterocycles. The molecule has 0 aliphatic carbocycles. The highest BCUT2D eigenvalue weighted by molar-refractivity contribution is 5.27. The lowest BCUT2D eigenvalue weighted by Gasteiger charge is -2.20. The van der Waals surface area contributed by atoms with Crippen LogP contribution in [0.3, 0.4) is 0 Å². The normalized spacial score (nSPS) is 16.3. The highest BCUT2D eigenvalue weighted by Crippen LogP contribution is 2.18. The molecule has 0 amide bonds. The van der Waals surface area contributed by atoms with Crippen molar-refractivity contribution in [3.05, 3.63) is 35.4 Å². The van der Waals surface area contributed by atoms with Crippen molar-refractivity contribution in [3.63, 3.8) is 0 Å². The summed E-state index contributed by atoms with van der Waals surface area (Å²) in [5.74, 6) is 0. The molecule has 0 spiro atoms. The Labute approximate surface area is 111 Å². The van der Waals surface area contributed by atoms with Crippen molar-refractivity contribution in [2.45, 2.75) is 38.6 Å². The molecule has 0 saturated heterocycles. The standard InChI is InChI=1S/C16H26N2/c1-17-11-5-2-6-12-18-13-7-10-15-8-3-4-9-16(15)14-18/h3-4,8-9,17H,2,5-7,10-14H2,1H3. The highest BCUT2D eigenvalue weighted by atomic mass is 15.1. The lowest BCUT2D eigenvalue weighted by molar-refractivity contribution is 0.263. The summed E-state index contributed by atoms with van der Waals surface area (Å²) in [7, 11) is 2.03. The lowest BCUT2D eigenvalue weighted by Crippen LogP contribution is -2.24. The summed E-state index contributed by atoms with van der Waals surface area (Å²) in [6.45, 7) is 4.84. The molecule has 1 aromatic carbocycles. The number of rotatable bonds is 6. The highest BCUT2D eigenvalue weighted by Gasteiger charge is 2.12. The molecular formula is C16H26N2. The molecule has 0 atom stereocenters. The molecule has 1 aromatic rings. The molecule has 1 aliphatic rings. The molecule has 18 heavy (non-hydrogen) atoms. The molecule has 1 N–H and O–H groups in total. The maximum atomic E-state index is 3.22. The van der Waals surface area contributed by atoms with Gasteiger partial charge in [0.2, 0.25) is 0 Å². The quantitative estimate of drug-likeness (QED) is 0.777.